The van der Waals surface area contributed by atoms with E-state index in [1.165, 1.54) is 12.1 Å². The lowest BCUT2D eigenvalue weighted by molar-refractivity contribution is 0.627. The maximum atomic E-state index is 13.4. The van der Waals surface area contributed by atoms with E-state index in [9.17, 15) is 4.39 Å². The Labute approximate surface area is 130 Å². The fourth-order valence-corrected chi connectivity index (χ4v) is 2.52. The second kappa shape index (κ2) is 6.13. The smallest absolute Gasteiger partial charge is 0.161 e. The van der Waals surface area contributed by atoms with E-state index >= 15 is 0 Å². The molecule has 1 aromatic heterocycles. The highest BCUT2D eigenvalue weighted by Crippen LogP contribution is 2.27. The van der Waals surface area contributed by atoms with Crippen LogP contribution in [0.3, 0.4) is 0 Å². The first-order valence-electron chi connectivity index (χ1n) is 6.01. The maximum Gasteiger partial charge on any atom is 0.161 e. The third kappa shape index (κ3) is 3.23. The van der Waals surface area contributed by atoms with Crippen molar-refractivity contribution in [3.05, 3.63) is 44.0 Å². The summed E-state index contributed by atoms with van der Waals surface area (Å²) in [5.41, 5.74) is 2.54. The third-order valence-corrected chi connectivity index (χ3v) is 4.53. The molecular formula is C14H13ClFIN2. The van der Waals surface area contributed by atoms with Gasteiger partial charge in [0.15, 0.2) is 5.82 Å². The molecule has 0 aliphatic rings. The minimum absolute atomic E-state index is 0.295. The highest BCUT2D eigenvalue weighted by atomic mass is 127. The van der Waals surface area contributed by atoms with Gasteiger partial charge in [-0.1, -0.05) is 31.0 Å². The quantitative estimate of drug-likeness (QED) is 0.556. The summed E-state index contributed by atoms with van der Waals surface area (Å²) in [6.45, 7) is 3.99. The predicted octanol–water partition coefficient (Wildman–Crippen LogP) is 4.80. The Bertz CT molecular complexity index is 617. The Hall–Kier alpha value is -0.750. The van der Waals surface area contributed by atoms with Gasteiger partial charge in [0.05, 0.1) is 9.26 Å². The van der Waals surface area contributed by atoms with Crippen molar-refractivity contribution in [3.63, 3.8) is 0 Å². The summed E-state index contributed by atoms with van der Waals surface area (Å²) in [6, 6.07) is 4.60. The summed E-state index contributed by atoms with van der Waals surface area (Å²) in [5, 5.41) is 0.428. The second-order valence-electron chi connectivity index (χ2n) is 4.31. The number of halogens is 3. The third-order valence-electron chi connectivity index (χ3n) is 2.81. The van der Waals surface area contributed by atoms with Crippen LogP contribution in [0.15, 0.2) is 18.2 Å². The van der Waals surface area contributed by atoms with Gasteiger partial charge in [-0.2, -0.15) is 0 Å². The SMILES string of the molecule is CCCc1nc(-c2cc(F)ccc2C)nc(Cl)c1I. The molecule has 0 aliphatic heterocycles. The molecule has 0 amide bonds. The lowest BCUT2D eigenvalue weighted by Crippen LogP contribution is -2.01. The van der Waals surface area contributed by atoms with Gasteiger partial charge < -0.3 is 0 Å². The Morgan fingerprint density at radius 2 is 2.05 bits per heavy atom. The molecule has 0 bridgehead atoms. The van der Waals surface area contributed by atoms with Gasteiger partial charge in [-0.05, 0) is 53.6 Å². The van der Waals surface area contributed by atoms with Crippen LogP contribution in [0.5, 0.6) is 0 Å². The molecule has 100 valence electrons. The minimum Gasteiger partial charge on any atom is -0.232 e. The van der Waals surface area contributed by atoms with Crippen LogP contribution in [0, 0.1) is 16.3 Å². The molecule has 0 saturated heterocycles. The fourth-order valence-electron chi connectivity index (χ4n) is 1.82. The van der Waals surface area contributed by atoms with Crippen molar-refractivity contribution < 1.29 is 4.39 Å². The van der Waals surface area contributed by atoms with Gasteiger partial charge in [-0.15, -0.1) is 0 Å². The molecule has 2 aromatic rings. The van der Waals surface area contributed by atoms with Crippen LogP contribution in [0.1, 0.15) is 24.6 Å². The normalized spacial score (nSPS) is 10.8. The average molecular weight is 391 g/mol. The van der Waals surface area contributed by atoms with Crippen molar-refractivity contribution >= 4 is 34.2 Å². The molecule has 0 aliphatic carbocycles. The predicted molar refractivity (Wildman–Crippen MR) is 83.9 cm³/mol. The monoisotopic (exact) mass is 390 g/mol. The number of aromatic nitrogens is 2. The lowest BCUT2D eigenvalue weighted by atomic mass is 10.1. The number of nitrogens with zero attached hydrogens (tertiary/aromatic N) is 2. The molecule has 0 N–H and O–H groups in total. The van der Waals surface area contributed by atoms with Crippen LogP contribution in [0.25, 0.3) is 11.4 Å². The Morgan fingerprint density at radius 1 is 1.32 bits per heavy atom. The summed E-state index contributed by atoms with van der Waals surface area (Å²) in [7, 11) is 0. The van der Waals surface area contributed by atoms with Crippen molar-refractivity contribution in [2.24, 2.45) is 0 Å². The molecule has 0 spiro atoms. The first-order chi connectivity index (χ1) is 9.02. The van der Waals surface area contributed by atoms with Crippen molar-refractivity contribution in [2.45, 2.75) is 26.7 Å². The van der Waals surface area contributed by atoms with E-state index in [2.05, 4.69) is 39.5 Å². The van der Waals surface area contributed by atoms with Gasteiger partial charge in [0.1, 0.15) is 11.0 Å². The summed E-state index contributed by atoms with van der Waals surface area (Å²) < 4.78 is 14.2. The molecule has 1 aromatic carbocycles. The topological polar surface area (TPSA) is 25.8 Å². The first-order valence-corrected chi connectivity index (χ1v) is 7.47. The van der Waals surface area contributed by atoms with Crippen molar-refractivity contribution in [1.82, 2.24) is 9.97 Å². The molecule has 19 heavy (non-hydrogen) atoms. The van der Waals surface area contributed by atoms with Crippen LogP contribution < -0.4 is 0 Å². The van der Waals surface area contributed by atoms with Gasteiger partial charge in [0.25, 0.3) is 0 Å². The van der Waals surface area contributed by atoms with Crippen LogP contribution in [-0.4, -0.2) is 9.97 Å². The van der Waals surface area contributed by atoms with Gasteiger partial charge in [-0.25, -0.2) is 14.4 Å². The van der Waals surface area contributed by atoms with Crippen LogP contribution in [0.4, 0.5) is 4.39 Å². The summed E-state index contributed by atoms with van der Waals surface area (Å²) in [4.78, 5) is 8.79. The zero-order chi connectivity index (χ0) is 14.0. The second-order valence-corrected chi connectivity index (χ2v) is 5.74. The molecule has 0 fully saturated rings. The zero-order valence-corrected chi connectivity index (χ0v) is 13.6. The number of benzene rings is 1. The molecule has 0 atom stereocenters. The molecular weight excluding hydrogens is 378 g/mol. The Morgan fingerprint density at radius 3 is 2.74 bits per heavy atom. The van der Waals surface area contributed by atoms with E-state index in [1.807, 2.05) is 6.92 Å². The number of hydrogen-bond acceptors (Lipinski definition) is 2. The largest absolute Gasteiger partial charge is 0.232 e. The molecule has 0 unspecified atom stereocenters. The fraction of sp³-hybridized carbons (Fsp3) is 0.286. The maximum absolute atomic E-state index is 13.4. The minimum atomic E-state index is -0.295. The standard InChI is InChI=1S/C14H13ClFIN2/c1-3-4-11-12(17)13(15)19-14(18-11)10-7-9(16)6-5-8(10)2/h5-7H,3-4H2,1-2H3. The number of hydrogen-bond donors (Lipinski definition) is 0. The Balaban J connectivity index is 2.59. The zero-order valence-electron chi connectivity index (χ0n) is 10.7. The molecule has 1 heterocycles. The summed E-state index contributed by atoms with van der Waals surface area (Å²) >= 11 is 8.29. The molecule has 5 heteroatoms. The van der Waals surface area contributed by atoms with Gasteiger partial charge in [0, 0.05) is 5.56 Å². The van der Waals surface area contributed by atoms with Crippen LogP contribution in [0.2, 0.25) is 5.15 Å². The van der Waals surface area contributed by atoms with Gasteiger partial charge >= 0.3 is 0 Å². The Kier molecular flexibility index (Phi) is 4.73. The van der Waals surface area contributed by atoms with Crippen molar-refractivity contribution in [3.8, 4) is 11.4 Å². The van der Waals surface area contributed by atoms with E-state index in [0.717, 1.165) is 27.7 Å². The molecule has 0 radical (unpaired) electrons. The first kappa shape index (κ1) is 14.7. The molecule has 2 rings (SSSR count). The van der Waals surface area contributed by atoms with E-state index in [1.54, 1.807) is 6.07 Å². The molecule has 0 saturated carbocycles. The van der Waals surface area contributed by atoms with Crippen molar-refractivity contribution in [1.29, 1.82) is 0 Å². The van der Waals surface area contributed by atoms with E-state index < -0.39 is 0 Å². The average Bonchev–Trinajstić information content (AvgIpc) is 2.38. The van der Waals surface area contributed by atoms with Crippen molar-refractivity contribution in [2.75, 3.05) is 0 Å². The highest BCUT2D eigenvalue weighted by Gasteiger charge is 2.13. The van der Waals surface area contributed by atoms with E-state index in [-0.39, 0.29) is 5.82 Å². The van der Waals surface area contributed by atoms with E-state index in [4.69, 9.17) is 11.6 Å². The summed E-state index contributed by atoms with van der Waals surface area (Å²) in [5.74, 6) is 0.196. The summed E-state index contributed by atoms with van der Waals surface area (Å²) in [6.07, 6.45) is 1.81. The van der Waals surface area contributed by atoms with Gasteiger partial charge in [-0.3, -0.25) is 0 Å². The van der Waals surface area contributed by atoms with Crippen LogP contribution >= 0.6 is 34.2 Å². The lowest BCUT2D eigenvalue weighted by Gasteiger charge is -2.09. The van der Waals surface area contributed by atoms with Gasteiger partial charge in [0.2, 0.25) is 0 Å². The highest BCUT2D eigenvalue weighted by molar-refractivity contribution is 14.1. The number of aryl methyl sites for hydroxylation is 2. The van der Waals surface area contributed by atoms with Crippen LogP contribution in [-0.2, 0) is 6.42 Å². The number of rotatable bonds is 3. The molecule has 2 nitrogen and oxygen atoms in total. The van der Waals surface area contributed by atoms with E-state index in [0.29, 0.717) is 16.5 Å².